The summed E-state index contributed by atoms with van der Waals surface area (Å²) in [5.41, 5.74) is 0. The molecule has 0 aromatic rings. The monoisotopic (exact) mass is 270 g/mol. The Hall–Kier alpha value is -1.10. The molecule has 0 radical (unpaired) electrons. The topological polar surface area (TPSA) is 87.1 Å². The molecule has 0 spiro atoms. The van der Waals surface area contributed by atoms with Gasteiger partial charge in [-0.2, -0.15) is 0 Å². The quantitative estimate of drug-likeness (QED) is 0.722. The number of hydrogen-bond acceptors (Lipinski definition) is 3. The van der Waals surface area contributed by atoms with Crippen molar-refractivity contribution in [1.29, 1.82) is 0 Å². The lowest BCUT2D eigenvalue weighted by molar-refractivity contribution is -0.143. The van der Waals surface area contributed by atoms with E-state index in [0.717, 1.165) is 6.42 Å². The van der Waals surface area contributed by atoms with Gasteiger partial charge in [0.25, 0.3) is 0 Å². The van der Waals surface area contributed by atoms with Crippen molar-refractivity contribution < 1.29 is 24.5 Å². The summed E-state index contributed by atoms with van der Waals surface area (Å²) in [7, 11) is 0. The van der Waals surface area contributed by atoms with Gasteiger partial charge in [-0.05, 0) is 18.3 Å². The second-order valence-corrected chi connectivity index (χ2v) is 5.94. The standard InChI is InChI=1S/C14H22O5/c1-8-4-2-3-5-9(8)6-10(14(17)18)13-11(19-13)7-12(15)16/h8-11,13H,2-7H2,1H3,(H,15,16)(H,17,18). The molecule has 2 N–H and O–H groups in total. The lowest BCUT2D eigenvalue weighted by Gasteiger charge is -2.30. The van der Waals surface area contributed by atoms with Crippen molar-refractivity contribution in [2.45, 2.75) is 57.7 Å². The molecule has 5 nitrogen and oxygen atoms in total. The van der Waals surface area contributed by atoms with Crippen molar-refractivity contribution in [3.05, 3.63) is 0 Å². The predicted molar refractivity (Wildman–Crippen MR) is 67.8 cm³/mol. The first-order chi connectivity index (χ1) is 8.99. The molecule has 1 saturated carbocycles. The van der Waals surface area contributed by atoms with Gasteiger partial charge in [-0.25, -0.2) is 0 Å². The molecule has 1 aliphatic heterocycles. The minimum Gasteiger partial charge on any atom is -0.481 e. The Labute approximate surface area is 112 Å². The number of epoxide rings is 1. The van der Waals surface area contributed by atoms with Crippen LogP contribution in [-0.4, -0.2) is 34.4 Å². The van der Waals surface area contributed by atoms with Gasteiger partial charge in [-0.15, -0.1) is 0 Å². The Morgan fingerprint density at radius 2 is 1.95 bits per heavy atom. The zero-order valence-electron chi connectivity index (χ0n) is 11.2. The van der Waals surface area contributed by atoms with Gasteiger partial charge in [0.1, 0.15) is 0 Å². The molecule has 2 aliphatic rings. The number of rotatable bonds is 6. The highest BCUT2D eigenvalue weighted by atomic mass is 16.6. The van der Waals surface area contributed by atoms with E-state index in [4.69, 9.17) is 9.84 Å². The van der Waals surface area contributed by atoms with Crippen molar-refractivity contribution in [3.8, 4) is 0 Å². The Morgan fingerprint density at radius 1 is 1.26 bits per heavy atom. The normalized spacial score (nSPS) is 35.6. The highest BCUT2D eigenvalue weighted by Gasteiger charge is 2.49. The van der Waals surface area contributed by atoms with E-state index in [1.807, 2.05) is 0 Å². The van der Waals surface area contributed by atoms with Crippen molar-refractivity contribution >= 4 is 11.9 Å². The summed E-state index contributed by atoms with van der Waals surface area (Å²) < 4.78 is 5.27. The average Bonchev–Trinajstić information content (AvgIpc) is 3.05. The first kappa shape index (κ1) is 14.3. The highest BCUT2D eigenvalue weighted by Crippen LogP contribution is 2.40. The molecule has 0 aromatic heterocycles. The maximum absolute atomic E-state index is 11.4. The van der Waals surface area contributed by atoms with Crippen LogP contribution in [0.25, 0.3) is 0 Å². The van der Waals surface area contributed by atoms with Crippen LogP contribution in [0.1, 0.15) is 45.4 Å². The Bertz CT molecular complexity index is 354. The largest absolute Gasteiger partial charge is 0.481 e. The third kappa shape index (κ3) is 3.69. The van der Waals surface area contributed by atoms with Gasteiger partial charge < -0.3 is 14.9 Å². The third-order valence-corrected chi connectivity index (χ3v) is 4.56. The van der Waals surface area contributed by atoms with E-state index in [-0.39, 0.29) is 6.42 Å². The first-order valence-corrected chi connectivity index (χ1v) is 7.09. The first-order valence-electron chi connectivity index (χ1n) is 7.09. The molecule has 1 heterocycles. The fourth-order valence-electron chi connectivity index (χ4n) is 3.29. The SMILES string of the molecule is CC1CCCCC1CC(C(=O)O)C1OC1CC(=O)O. The molecule has 1 aliphatic carbocycles. The molecule has 2 fully saturated rings. The van der Waals surface area contributed by atoms with Gasteiger partial charge in [0, 0.05) is 0 Å². The van der Waals surface area contributed by atoms with E-state index in [9.17, 15) is 14.7 Å². The fourth-order valence-corrected chi connectivity index (χ4v) is 3.29. The molecule has 19 heavy (non-hydrogen) atoms. The minimum absolute atomic E-state index is 0.0886. The molecule has 5 atom stereocenters. The van der Waals surface area contributed by atoms with Crippen LogP contribution in [-0.2, 0) is 14.3 Å². The molecule has 2 rings (SSSR count). The van der Waals surface area contributed by atoms with Crippen LogP contribution in [0.4, 0.5) is 0 Å². The van der Waals surface area contributed by atoms with Crippen molar-refractivity contribution in [3.63, 3.8) is 0 Å². The smallest absolute Gasteiger partial charge is 0.309 e. The number of hydrogen-bond donors (Lipinski definition) is 2. The summed E-state index contributed by atoms with van der Waals surface area (Å²) in [6.45, 7) is 2.19. The lowest BCUT2D eigenvalue weighted by atomic mass is 9.75. The number of carboxylic acids is 2. The fraction of sp³-hybridized carbons (Fsp3) is 0.857. The van der Waals surface area contributed by atoms with Crippen molar-refractivity contribution in [2.75, 3.05) is 0 Å². The number of carboxylic acid groups (broad SMARTS) is 2. The van der Waals surface area contributed by atoms with Crippen LogP contribution in [0.5, 0.6) is 0 Å². The van der Waals surface area contributed by atoms with E-state index in [2.05, 4.69) is 6.92 Å². The van der Waals surface area contributed by atoms with Gasteiger partial charge >= 0.3 is 11.9 Å². The van der Waals surface area contributed by atoms with Gasteiger partial charge in [-0.3, -0.25) is 9.59 Å². The molecule has 5 unspecified atom stereocenters. The molecule has 0 aromatic carbocycles. The van der Waals surface area contributed by atoms with E-state index in [1.54, 1.807) is 0 Å². The highest BCUT2D eigenvalue weighted by molar-refractivity contribution is 5.72. The van der Waals surface area contributed by atoms with E-state index >= 15 is 0 Å². The third-order valence-electron chi connectivity index (χ3n) is 4.56. The molecule has 108 valence electrons. The van der Waals surface area contributed by atoms with Crippen LogP contribution in [0.3, 0.4) is 0 Å². The van der Waals surface area contributed by atoms with E-state index < -0.39 is 30.1 Å². The number of aliphatic carboxylic acids is 2. The molecule has 0 bridgehead atoms. The zero-order valence-corrected chi connectivity index (χ0v) is 11.2. The predicted octanol–water partition coefficient (Wildman–Crippen LogP) is 2.15. The molecule has 0 amide bonds. The van der Waals surface area contributed by atoms with Gasteiger partial charge in [-0.1, -0.05) is 32.6 Å². The van der Waals surface area contributed by atoms with Gasteiger partial charge in [0.2, 0.25) is 0 Å². The van der Waals surface area contributed by atoms with Crippen LogP contribution >= 0.6 is 0 Å². The Kier molecular flexibility index (Phi) is 4.45. The molecular weight excluding hydrogens is 248 g/mol. The minimum atomic E-state index is -0.928. The number of ether oxygens (including phenoxy) is 1. The van der Waals surface area contributed by atoms with Crippen LogP contribution in [0, 0.1) is 17.8 Å². The molecular formula is C14H22O5. The Morgan fingerprint density at radius 3 is 2.53 bits per heavy atom. The van der Waals surface area contributed by atoms with Crippen molar-refractivity contribution in [1.82, 2.24) is 0 Å². The van der Waals surface area contributed by atoms with Crippen LogP contribution in [0.15, 0.2) is 0 Å². The second-order valence-electron chi connectivity index (χ2n) is 5.94. The van der Waals surface area contributed by atoms with Crippen LogP contribution in [0.2, 0.25) is 0 Å². The summed E-state index contributed by atoms with van der Waals surface area (Å²) in [6.07, 6.45) is 4.39. The second kappa shape index (κ2) is 5.90. The van der Waals surface area contributed by atoms with Crippen LogP contribution < -0.4 is 0 Å². The summed E-state index contributed by atoms with van der Waals surface area (Å²) in [6, 6.07) is 0. The van der Waals surface area contributed by atoms with Gasteiger partial charge in [0.15, 0.2) is 0 Å². The maximum atomic E-state index is 11.4. The van der Waals surface area contributed by atoms with Gasteiger partial charge in [0.05, 0.1) is 24.5 Å². The van der Waals surface area contributed by atoms with Crippen molar-refractivity contribution in [2.24, 2.45) is 17.8 Å². The summed E-state index contributed by atoms with van der Waals surface area (Å²) >= 11 is 0. The lowest BCUT2D eigenvalue weighted by Crippen LogP contribution is -2.28. The molecule has 1 saturated heterocycles. The summed E-state index contributed by atoms with van der Waals surface area (Å²) in [4.78, 5) is 22.0. The number of carbonyl (C=O) groups is 2. The Balaban J connectivity index is 1.90. The molecule has 5 heteroatoms. The van der Waals surface area contributed by atoms with E-state index in [0.29, 0.717) is 18.3 Å². The summed E-state index contributed by atoms with van der Waals surface area (Å²) in [5.74, 6) is -1.33. The average molecular weight is 270 g/mol. The summed E-state index contributed by atoms with van der Waals surface area (Å²) in [5, 5.41) is 18.0. The zero-order chi connectivity index (χ0) is 14.0. The maximum Gasteiger partial charge on any atom is 0.309 e. The van der Waals surface area contributed by atoms with E-state index in [1.165, 1.54) is 19.3 Å².